The molecule has 2 unspecified atom stereocenters. The quantitative estimate of drug-likeness (QED) is 0.250. The number of rotatable bonds is 8. The van der Waals surface area contributed by atoms with Crippen molar-refractivity contribution in [3.05, 3.63) is 94.3 Å². The highest BCUT2D eigenvalue weighted by molar-refractivity contribution is 6.30. The Kier molecular flexibility index (Phi) is 6.97. The summed E-state index contributed by atoms with van der Waals surface area (Å²) in [7, 11) is 0. The molecule has 0 spiro atoms. The highest BCUT2D eigenvalue weighted by atomic mass is 35.5. The fraction of sp³-hybridized carbons (Fsp3) is 0.323. The van der Waals surface area contributed by atoms with Crippen molar-refractivity contribution in [3.63, 3.8) is 0 Å². The molecule has 1 aliphatic carbocycles. The summed E-state index contributed by atoms with van der Waals surface area (Å²) in [6.45, 7) is 7.17. The van der Waals surface area contributed by atoms with Crippen LogP contribution in [0.4, 0.5) is 0 Å². The van der Waals surface area contributed by atoms with Crippen molar-refractivity contribution < 1.29 is 9.15 Å². The Balaban J connectivity index is 1.40. The molecular formula is C31H32ClNO2. The first-order chi connectivity index (χ1) is 17.0. The topological polar surface area (TPSA) is 35.3 Å². The van der Waals surface area contributed by atoms with Crippen LogP contribution in [0.15, 0.2) is 71.1 Å². The lowest BCUT2D eigenvalue weighted by Gasteiger charge is -2.21. The Labute approximate surface area is 213 Å². The molecule has 1 heterocycles. The lowest BCUT2D eigenvalue weighted by molar-refractivity contribution is 0.321. The first-order valence-corrected chi connectivity index (χ1v) is 13.0. The van der Waals surface area contributed by atoms with E-state index in [0.29, 0.717) is 30.8 Å². The van der Waals surface area contributed by atoms with Gasteiger partial charge in [0, 0.05) is 22.6 Å². The van der Waals surface area contributed by atoms with Gasteiger partial charge in [-0.1, -0.05) is 62.2 Å². The first kappa shape index (κ1) is 23.7. The van der Waals surface area contributed by atoms with Gasteiger partial charge in [0.05, 0.1) is 12.3 Å². The number of hydrogen-bond donors (Lipinski definition) is 0. The Morgan fingerprint density at radius 2 is 1.83 bits per heavy atom. The van der Waals surface area contributed by atoms with E-state index in [2.05, 4.69) is 38.1 Å². The van der Waals surface area contributed by atoms with Gasteiger partial charge < -0.3 is 9.15 Å². The zero-order valence-corrected chi connectivity index (χ0v) is 21.4. The fourth-order valence-electron chi connectivity index (χ4n) is 5.14. The number of benzene rings is 3. The van der Waals surface area contributed by atoms with Gasteiger partial charge in [-0.25, -0.2) is 4.98 Å². The summed E-state index contributed by atoms with van der Waals surface area (Å²) in [5, 5.41) is 0.741. The largest absolute Gasteiger partial charge is 0.493 e. The molecule has 4 heteroatoms. The van der Waals surface area contributed by atoms with Crippen molar-refractivity contribution in [1.82, 2.24) is 4.98 Å². The highest BCUT2D eigenvalue weighted by Crippen LogP contribution is 2.44. The van der Waals surface area contributed by atoms with Gasteiger partial charge in [0.15, 0.2) is 0 Å². The molecule has 3 nitrogen and oxygen atoms in total. The maximum atomic E-state index is 6.43. The third-order valence-corrected chi connectivity index (χ3v) is 7.61. The van der Waals surface area contributed by atoms with Crippen molar-refractivity contribution in [2.75, 3.05) is 6.61 Å². The average Bonchev–Trinajstić information content (AvgIpc) is 3.47. The maximum absolute atomic E-state index is 6.43. The van der Waals surface area contributed by atoms with Crippen LogP contribution >= 0.6 is 11.6 Å². The predicted octanol–water partition coefficient (Wildman–Crippen LogP) is 8.67. The third-order valence-electron chi connectivity index (χ3n) is 7.36. The van der Waals surface area contributed by atoms with Crippen LogP contribution in [0.5, 0.6) is 5.75 Å². The minimum absolute atomic E-state index is 0.537. The number of aryl methyl sites for hydroxylation is 2. The van der Waals surface area contributed by atoms with Gasteiger partial charge >= 0.3 is 0 Å². The number of aromatic nitrogens is 1. The van der Waals surface area contributed by atoms with Gasteiger partial charge in [-0.2, -0.15) is 0 Å². The fourth-order valence-corrected chi connectivity index (χ4v) is 5.26. The van der Waals surface area contributed by atoms with Crippen molar-refractivity contribution in [3.8, 4) is 28.3 Å². The molecule has 3 aromatic carbocycles. The molecule has 0 aliphatic heterocycles. The van der Waals surface area contributed by atoms with E-state index in [1.165, 1.54) is 24.0 Å². The number of hydrogen-bond acceptors (Lipinski definition) is 3. The molecule has 0 bridgehead atoms. The van der Waals surface area contributed by atoms with Crippen LogP contribution in [0.25, 0.3) is 22.6 Å². The molecule has 0 saturated heterocycles. The van der Waals surface area contributed by atoms with E-state index in [0.717, 1.165) is 45.3 Å². The van der Waals surface area contributed by atoms with Gasteiger partial charge in [-0.15, -0.1) is 0 Å². The van der Waals surface area contributed by atoms with Crippen molar-refractivity contribution in [1.29, 1.82) is 0 Å². The second kappa shape index (κ2) is 10.3. The summed E-state index contributed by atoms with van der Waals surface area (Å²) in [5.74, 6) is 3.73. The maximum Gasteiger partial charge on any atom is 0.226 e. The van der Waals surface area contributed by atoms with Crippen LogP contribution in [-0.2, 0) is 12.8 Å². The summed E-state index contributed by atoms with van der Waals surface area (Å²) >= 11 is 6.18. The molecule has 1 aromatic heterocycles. The average molecular weight is 486 g/mol. The van der Waals surface area contributed by atoms with E-state index in [9.17, 15) is 0 Å². The molecule has 5 rings (SSSR count). The first-order valence-electron chi connectivity index (χ1n) is 12.6. The number of oxazole rings is 1. The molecule has 0 radical (unpaired) electrons. The predicted molar refractivity (Wildman–Crippen MR) is 143 cm³/mol. The Bertz CT molecular complexity index is 1290. The van der Waals surface area contributed by atoms with Crippen molar-refractivity contribution in [2.45, 2.75) is 52.4 Å². The van der Waals surface area contributed by atoms with E-state index in [-0.39, 0.29) is 0 Å². The summed E-state index contributed by atoms with van der Waals surface area (Å²) in [4.78, 5) is 4.74. The van der Waals surface area contributed by atoms with Gasteiger partial charge in [-0.3, -0.25) is 0 Å². The van der Waals surface area contributed by atoms with Crippen LogP contribution < -0.4 is 4.74 Å². The van der Waals surface area contributed by atoms with E-state index in [1.54, 1.807) is 0 Å². The second-order valence-electron chi connectivity index (χ2n) is 9.57. The molecule has 0 fully saturated rings. The summed E-state index contributed by atoms with van der Waals surface area (Å²) in [5.41, 5.74) is 7.10. The van der Waals surface area contributed by atoms with E-state index < -0.39 is 0 Å². The van der Waals surface area contributed by atoms with E-state index in [4.69, 9.17) is 25.7 Å². The SMILES string of the molecule is CCC(C)C1CCc2cc(OCCc3nc(-c4ccccc4)oc3C)c(-c3ccc(Cl)cc3)cc21. The second-order valence-corrected chi connectivity index (χ2v) is 10.0. The summed E-state index contributed by atoms with van der Waals surface area (Å²) in [6, 6.07) is 22.7. The highest BCUT2D eigenvalue weighted by Gasteiger charge is 2.28. The third kappa shape index (κ3) is 5.01. The van der Waals surface area contributed by atoms with Crippen LogP contribution in [0.1, 0.15) is 55.2 Å². The Hall–Kier alpha value is -3.04. The normalized spacial score (nSPS) is 15.7. The van der Waals surface area contributed by atoms with Crippen molar-refractivity contribution >= 4 is 11.6 Å². The van der Waals surface area contributed by atoms with E-state index in [1.807, 2.05) is 49.4 Å². The molecule has 0 saturated carbocycles. The number of ether oxygens (including phenoxy) is 1. The molecule has 35 heavy (non-hydrogen) atoms. The lowest BCUT2D eigenvalue weighted by Crippen LogP contribution is -2.07. The number of nitrogens with zero attached hydrogens (tertiary/aromatic N) is 1. The summed E-state index contributed by atoms with van der Waals surface area (Å²) in [6.07, 6.45) is 4.22. The molecule has 2 atom stereocenters. The van der Waals surface area contributed by atoms with Gasteiger partial charge in [0.25, 0.3) is 0 Å². The lowest BCUT2D eigenvalue weighted by atomic mass is 9.85. The summed E-state index contributed by atoms with van der Waals surface area (Å²) < 4.78 is 12.4. The van der Waals surface area contributed by atoms with Crippen LogP contribution in [-0.4, -0.2) is 11.6 Å². The number of fused-ring (bicyclic) bond motifs is 1. The molecule has 4 aromatic rings. The number of halogens is 1. The minimum Gasteiger partial charge on any atom is -0.493 e. The van der Waals surface area contributed by atoms with Crippen LogP contribution in [0, 0.1) is 12.8 Å². The van der Waals surface area contributed by atoms with Gasteiger partial charge in [-0.05, 0) is 84.7 Å². The van der Waals surface area contributed by atoms with E-state index >= 15 is 0 Å². The zero-order valence-electron chi connectivity index (χ0n) is 20.7. The van der Waals surface area contributed by atoms with Crippen LogP contribution in [0.3, 0.4) is 0 Å². The Morgan fingerprint density at radius 1 is 1.06 bits per heavy atom. The molecule has 0 amide bonds. The van der Waals surface area contributed by atoms with Gasteiger partial charge in [0.1, 0.15) is 11.5 Å². The molecule has 0 N–H and O–H groups in total. The monoisotopic (exact) mass is 485 g/mol. The van der Waals surface area contributed by atoms with Gasteiger partial charge in [0.2, 0.25) is 5.89 Å². The standard InChI is InChI=1S/C31H32ClNO2/c1-4-20(2)26-15-12-24-18-30(28(19-27(24)26)22-10-13-25(32)14-11-22)34-17-16-29-21(3)35-31(33-29)23-8-6-5-7-9-23/h5-11,13-14,18-20,26H,4,12,15-17H2,1-3H3. The zero-order chi connectivity index (χ0) is 24.4. The van der Waals surface area contributed by atoms with Crippen LogP contribution in [0.2, 0.25) is 5.02 Å². The molecule has 180 valence electrons. The Morgan fingerprint density at radius 3 is 2.57 bits per heavy atom. The minimum atomic E-state index is 0.537. The van der Waals surface area contributed by atoms with Crippen molar-refractivity contribution in [2.24, 2.45) is 5.92 Å². The molecule has 1 aliphatic rings. The molecular weight excluding hydrogens is 454 g/mol. The smallest absolute Gasteiger partial charge is 0.226 e.